The van der Waals surface area contributed by atoms with Crippen molar-refractivity contribution >= 4 is 11.9 Å². The van der Waals surface area contributed by atoms with Crippen molar-refractivity contribution < 1.29 is 19.8 Å². The zero-order valence-electron chi connectivity index (χ0n) is 14.2. The molecule has 1 unspecified atom stereocenters. The molecule has 4 N–H and O–H groups in total. The van der Waals surface area contributed by atoms with E-state index >= 15 is 0 Å². The molecule has 132 valence electrons. The van der Waals surface area contributed by atoms with Gasteiger partial charge in [-0.05, 0) is 50.1 Å². The van der Waals surface area contributed by atoms with Gasteiger partial charge in [0.25, 0.3) is 0 Å². The molecule has 0 amide bonds. The van der Waals surface area contributed by atoms with Crippen LogP contribution in [0.3, 0.4) is 0 Å². The third kappa shape index (κ3) is 7.67. The molecule has 1 atom stereocenters. The van der Waals surface area contributed by atoms with Gasteiger partial charge in [-0.3, -0.25) is 9.59 Å². The van der Waals surface area contributed by atoms with Crippen LogP contribution in [0, 0.1) is 0 Å². The minimum Gasteiger partial charge on any atom is -0.481 e. The van der Waals surface area contributed by atoms with E-state index in [1.54, 1.807) is 0 Å². The van der Waals surface area contributed by atoms with E-state index in [0.29, 0.717) is 12.8 Å². The predicted octanol–water partition coefficient (Wildman–Crippen LogP) is 2.57. The van der Waals surface area contributed by atoms with Crippen molar-refractivity contribution in [2.75, 3.05) is 6.54 Å². The van der Waals surface area contributed by atoms with Crippen LogP contribution in [0.1, 0.15) is 39.5 Å². The molecule has 6 nitrogen and oxygen atoms in total. The van der Waals surface area contributed by atoms with Crippen LogP contribution in [-0.2, 0) is 9.59 Å². The number of aliphatic carboxylic acids is 2. The highest BCUT2D eigenvalue weighted by atomic mass is 16.4. The van der Waals surface area contributed by atoms with Crippen LogP contribution in [0.15, 0.2) is 47.3 Å². The van der Waals surface area contributed by atoms with Crippen LogP contribution in [0.2, 0.25) is 0 Å². The molecule has 0 bridgehead atoms. The van der Waals surface area contributed by atoms with Gasteiger partial charge in [0.05, 0.1) is 0 Å². The molecule has 24 heavy (non-hydrogen) atoms. The lowest BCUT2D eigenvalue weighted by Gasteiger charge is -2.26. The molecular formula is C18H26N2O4. The third-order valence-electron chi connectivity index (χ3n) is 3.76. The Kier molecular flexibility index (Phi) is 8.39. The van der Waals surface area contributed by atoms with Crippen molar-refractivity contribution in [3.63, 3.8) is 0 Å². The Bertz CT molecular complexity index is 562. The number of hydrogen-bond acceptors (Lipinski definition) is 4. The average molecular weight is 334 g/mol. The van der Waals surface area contributed by atoms with Crippen LogP contribution in [0.5, 0.6) is 0 Å². The van der Waals surface area contributed by atoms with Crippen molar-refractivity contribution in [3.05, 3.63) is 47.3 Å². The van der Waals surface area contributed by atoms with Crippen LogP contribution in [0.25, 0.3) is 0 Å². The fourth-order valence-electron chi connectivity index (χ4n) is 2.41. The molecule has 2 rings (SSSR count). The molecule has 2 heterocycles. The average Bonchev–Trinajstić information content (AvgIpc) is 2.55. The van der Waals surface area contributed by atoms with Gasteiger partial charge in [-0.2, -0.15) is 0 Å². The normalized spacial score (nSPS) is 18.8. The van der Waals surface area contributed by atoms with Crippen LogP contribution >= 0.6 is 0 Å². The largest absolute Gasteiger partial charge is 0.481 e. The van der Waals surface area contributed by atoms with E-state index in [2.05, 4.69) is 16.7 Å². The zero-order chi connectivity index (χ0) is 17.9. The van der Waals surface area contributed by atoms with Crippen molar-refractivity contribution in [2.24, 2.45) is 0 Å². The van der Waals surface area contributed by atoms with E-state index in [9.17, 15) is 9.59 Å². The molecule has 2 aliphatic heterocycles. The summed E-state index contributed by atoms with van der Waals surface area (Å²) in [5, 5.41) is 23.6. The lowest BCUT2D eigenvalue weighted by Crippen LogP contribution is -2.30. The smallest absolute Gasteiger partial charge is 0.303 e. The highest BCUT2D eigenvalue weighted by molar-refractivity contribution is 5.68. The fourth-order valence-corrected chi connectivity index (χ4v) is 2.41. The Labute approximate surface area is 142 Å². The van der Waals surface area contributed by atoms with E-state index in [1.165, 1.54) is 0 Å². The number of carboxylic acids is 2. The maximum atomic E-state index is 10.6. The first-order valence-corrected chi connectivity index (χ1v) is 8.05. The Morgan fingerprint density at radius 3 is 2.29 bits per heavy atom. The molecule has 0 saturated carbocycles. The van der Waals surface area contributed by atoms with Crippen molar-refractivity contribution in [1.82, 2.24) is 10.6 Å². The molecule has 0 radical (unpaired) electrons. The highest BCUT2D eigenvalue weighted by Crippen LogP contribution is 2.23. The van der Waals surface area contributed by atoms with Crippen LogP contribution in [0.4, 0.5) is 0 Å². The second-order valence-electron chi connectivity index (χ2n) is 5.72. The Balaban J connectivity index is 0.000000400. The van der Waals surface area contributed by atoms with Gasteiger partial charge in [0.1, 0.15) is 0 Å². The maximum Gasteiger partial charge on any atom is 0.303 e. The minimum absolute atomic E-state index is 0.0887. The summed E-state index contributed by atoms with van der Waals surface area (Å²) in [6, 6.07) is 0.109. The number of carbonyl (C=O) groups is 2. The van der Waals surface area contributed by atoms with Gasteiger partial charge in [-0.1, -0.05) is 18.2 Å². The first-order chi connectivity index (χ1) is 11.4. The first-order valence-electron chi connectivity index (χ1n) is 8.05. The van der Waals surface area contributed by atoms with E-state index in [4.69, 9.17) is 10.2 Å². The highest BCUT2D eigenvalue weighted by Gasteiger charge is 2.17. The third-order valence-corrected chi connectivity index (χ3v) is 3.76. The Morgan fingerprint density at radius 1 is 1.17 bits per heavy atom. The Morgan fingerprint density at radius 2 is 1.83 bits per heavy atom. The number of nitrogens with one attached hydrogen (secondary N) is 2. The number of hydrogen-bond donors (Lipinski definition) is 4. The molecule has 0 aromatic heterocycles. The van der Waals surface area contributed by atoms with Gasteiger partial charge in [0, 0.05) is 31.1 Å². The minimum atomic E-state index is -0.825. The standard InChI is InChI=1S/C13H19NO4.C5H7N/c1-8-10(3-5-12(15)16)7-11(9(2)14-8)4-6-13(17)18;1-2-4-6-5-3-1/h7-8,14H,3-6H2,1-2H3,(H,15,16)(H,17,18);1-4,6H,5H2. The number of carboxylic acid groups (broad SMARTS) is 2. The lowest BCUT2D eigenvalue weighted by molar-refractivity contribution is -0.137. The van der Waals surface area contributed by atoms with Gasteiger partial charge in [0.15, 0.2) is 0 Å². The molecule has 0 aliphatic carbocycles. The van der Waals surface area contributed by atoms with E-state index < -0.39 is 11.9 Å². The number of rotatable bonds is 6. The Hall–Kier alpha value is -2.50. The number of allylic oxidation sites excluding steroid dienone is 5. The summed E-state index contributed by atoms with van der Waals surface area (Å²) in [4.78, 5) is 21.1. The topological polar surface area (TPSA) is 98.7 Å². The van der Waals surface area contributed by atoms with Gasteiger partial charge >= 0.3 is 11.9 Å². The fraction of sp³-hybridized carbons (Fsp3) is 0.444. The van der Waals surface area contributed by atoms with E-state index in [-0.39, 0.29) is 18.9 Å². The van der Waals surface area contributed by atoms with Crippen molar-refractivity contribution in [1.29, 1.82) is 0 Å². The van der Waals surface area contributed by atoms with Crippen LogP contribution < -0.4 is 10.6 Å². The summed E-state index contributed by atoms with van der Waals surface area (Å²) in [7, 11) is 0. The lowest BCUT2D eigenvalue weighted by atomic mass is 9.93. The van der Waals surface area contributed by atoms with E-state index in [0.717, 1.165) is 23.4 Å². The second kappa shape index (κ2) is 10.3. The maximum absolute atomic E-state index is 10.6. The summed E-state index contributed by atoms with van der Waals surface area (Å²) in [5.74, 6) is -1.64. The zero-order valence-corrected chi connectivity index (χ0v) is 14.2. The predicted molar refractivity (Wildman–Crippen MR) is 93.4 cm³/mol. The summed E-state index contributed by atoms with van der Waals surface area (Å²) in [5.41, 5.74) is 2.95. The quantitative estimate of drug-likeness (QED) is 0.596. The van der Waals surface area contributed by atoms with Gasteiger partial charge < -0.3 is 20.8 Å². The molecule has 2 aliphatic rings. The molecule has 0 saturated heterocycles. The second-order valence-corrected chi connectivity index (χ2v) is 5.72. The molecule has 0 aromatic carbocycles. The molecule has 0 spiro atoms. The van der Waals surface area contributed by atoms with Gasteiger partial charge in [0.2, 0.25) is 0 Å². The monoisotopic (exact) mass is 334 g/mol. The van der Waals surface area contributed by atoms with Gasteiger partial charge in [-0.25, -0.2) is 0 Å². The molecule has 6 heteroatoms. The van der Waals surface area contributed by atoms with E-state index in [1.807, 2.05) is 38.3 Å². The number of dihydropyridines is 2. The van der Waals surface area contributed by atoms with Crippen LogP contribution in [-0.4, -0.2) is 34.7 Å². The van der Waals surface area contributed by atoms with Crippen molar-refractivity contribution in [2.45, 2.75) is 45.6 Å². The summed E-state index contributed by atoms with van der Waals surface area (Å²) in [6.45, 7) is 4.87. The molecule has 0 aromatic rings. The SMILES string of the molecule is C1=CCNC=C1.CC1=C(CCC(=O)O)C=C(CCC(=O)O)C(C)N1. The first kappa shape index (κ1) is 19.5. The summed E-state index contributed by atoms with van der Waals surface area (Å²) >= 11 is 0. The molecular weight excluding hydrogens is 308 g/mol. The van der Waals surface area contributed by atoms with Gasteiger partial charge in [-0.15, -0.1) is 0 Å². The molecule has 0 fully saturated rings. The summed E-state index contributed by atoms with van der Waals surface area (Å²) < 4.78 is 0. The summed E-state index contributed by atoms with van der Waals surface area (Å²) in [6.07, 6.45) is 11.1. The van der Waals surface area contributed by atoms with Crippen molar-refractivity contribution in [3.8, 4) is 0 Å².